The van der Waals surface area contributed by atoms with Crippen LogP contribution in [0.25, 0.3) is 45.0 Å². The lowest BCUT2D eigenvalue weighted by atomic mass is 9.92. The van der Waals surface area contributed by atoms with Crippen molar-refractivity contribution in [2.24, 2.45) is 9.98 Å². The zero-order valence-electron chi connectivity index (χ0n) is 30.3. The Labute approximate surface area is 341 Å². The van der Waals surface area contributed by atoms with Gasteiger partial charge in [0, 0.05) is 22.3 Å². The molecule has 63 heavy (non-hydrogen) atoms. The fourth-order valence-electron chi connectivity index (χ4n) is 6.40. The van der Waals surface area contributed by atoms with Crippen molar-refractivity contribution in [3.8, 4) is 57.4 Å². The molecule has 318 valence electrons. The maximum Gasteiger partial charge on any atom is 0.419 e. The summed E-state index contributed by atoms with van der Waals surface area (Å²) in [6.45, 7) is 0. The van der Waals surface area contributed by atoms with Crippen LogP contribution in [0, 0.1) is 46.2 Å². The van der Waals surface area contributed by atoms with E-state index in [1.54, 1.807) is 0 Å². The molecule has 0 fully saturated rings. The van der Waals surface area contributed by atoms with Crippen LogP contribution in [0.2, 0.25) is 0 Å². The lowest BCUT2D eigenvalue weighted by molar-refractivity contribution is -0.140. The normalized spacial score (nSPS) is 14.1. The zero-order valence-corrected chi connectivity index (χ0v) is 30.3. The minimum Gasteiger partial charge on any atom is -0.241 e. The van der Waals surface area contributed by atoms with Gasteiger partial charge in [0.1, 0.15) is 57.5 Å². The first kappa shape index (κ1) is 43.4. The van der Waals surface area contributed by atoms with Crippen LogP contribution in [-0.4, -0.2) is 31.4 Å². The van der Waals surface area contributed by atoms with Gasteiger partial charge in [0.15, 0.2) is 0 Å². The molecule has 1 aliphatic rings. The van der Waals surface area contributed by atoms with Gasteiger partial charge in [-0.25, -0.2) is 46.3 Å². The van der Waals surface area contributed by atoms with Crippen LogP contribution in [0.5, 0.6) is 0 Å². The van der Waals surface area contributed by atoms with E-state index in [1.807, 2.05) is 0 Å². The third-order valence-electron chi connectivity index (χ3n) is 9.15. The molecule has 2 aromatic heterocycles. The number of nitrogens with zero attached hydrogens (tertiary/aromatic N) is 8. The molecule has 0 amide bonds. The Kier molecular flexibility index (Phi) is 10.8. The molecule has 23 heteroatoms. The molecule has 6 aromatic rings. The van der Waals surface area contributed by atoms with E-state index < -0.39 is 150 Å². The highest BCUT2D eigenvalue weighted by Crippen LogP contribution is 2.43. The molecule has 0 radical (unpaired) electrons. The summed E-state index contributed by atoms with van der Waals surface area (Å²) in [5, 5.41) is 19.7. The highest BCUT2D eigenvalue weighted by Gasteiger charge is 2.40. The van der Waals surface area contributed by atoms with E-state index in [2.05, 4.69) is 29.9 Å². The van der Waals surface area contributed by atoms with E-state index >= 15 is 0 Å². The molecule has 8 nitrogen and oxygen atoms in total. The predicted molar refractivity (Wildman–Crippen MR) is 188 cm³/mol. The fourth-order valence-corrected chi connectivity index (χ4v) is 6.40. The van der Waals surface area contributed by atoms with Gasteiger partial charge in [0.25, 0.3) is 6.43 Å². The van der Waals surface area contributed by atoms with Crippen molar-refractivity contribution in [3.63, 3.8) is 0 Å². The van der Waals surface area contributed by atoms with Crippen molar-refractivity contribution in [1.82, 2.24) is 19.9 Å². The summed E-state index contributed by atoms with van der Waals surface area (Å²) in [6, 6.07) is 5.70. The lowest BCUT2D eigenvalue weighted by Crippen LogP contribution is -2.29. The van der Waals surface area contributed by atoms with E-state index in [0.717, 1.165) is 12.1 Å². The monoisotopic (exact) mass is 890 g/mol. The SMILES string of the molecule is N#CN=C1c2nc(-c3ccc(F)c(C(F)F)c3)c(-c3ccc(F)c(C(F)(F)F)c3)nc2C(=NC#N)c2nc(-c3ccc(F)c(C(F)(F)F)c3)c(-c3ccc(F)c(C(F)(F)F)c3)nc21. The number of nitriles is 2. The Morgan fingerprint density at radius 2 is 0.683 bits per heavy atom. The molecule has 0 spiro atoms. The maximum absolute atomic E-state index is 14.5. The Balaban J connectivity index is 1.62. The average Bonchev–Trinajstić information content (AvgIpc) is 3.20. The summed E-state index contributed by atoms with van der Waals surface area (Å²) >= 11 is 0. The van der Waals surface area contributed by atoms with Crippen molar-refractivity contribution in [3.05, 3.63) is 141 Å². The van der Waals surface area contributed by atoms with Crippen molar-refractivity contribution >= 4 is 11.4 Å². The number of fused-ring (bicyclic) bond motifs is 2. The summed E-state index contributed by atoms with van der Waals surface area (Å²) in [4.78, 5) is 24.4. The van der Waals surface area contributed by atoms with Gasteiger partial charge in [-0.1, -0.05) is 0 Å². The molecular formula is C40H13F15N8. The quantitative estimate of drug-likeness (QED) is 0.125. The van der Waals surface area contributed by atoms with Crippen LogP contribution < -0.4 is 0 Å². The first-order chi connectivity index (χ1) is 29.5. The van der Waals surface area contributed by atoms with Gasteiger partial charge >= 0.3 is 18.5 Å². The van der Waals surface area contributed by atoms with Crippen molar-refractivity contribution in [2.45, 2.75) is 25.0 Å². The van der Waals surface area contributed by atoms with Gasteiger partial charge < -0.3 is 0 Å². The van der Waals surface area contributed by atoms with Gasteiger partial charge in [-0.3, -0.25) is 0 Å². The summed E-state index contributed by atoms with van der Waals surface area (Å²) < 4.78 is 212. The van der Waals surface area contributed by atoms with E-state index in [-0.39, 0.29) is 18.2 Å². The Morgan fingerprint density at radius 3 is 0.937 bits per heavy atom. The first-order valence-electron chi connectivity index (χ1n) is 17.0. The molecule has 2 heterocycles. The molecule has 1 aliphatic carbocycles. The van der Waals surface area contributed by atoms with Crippen molar-refractivity contribution < 1.29 is 65.9 Å². The van der Waals surface area contributed by atoms with E-state index in [4.69, 9.17) is 0 Å². The van der Waals surface area contributed by atoms with Crippen LogP contribution in [-0.2, 0) is 18.5 Å². The van der Waals surface area contributed by atoms with Crippen molar-refractivity contribution in [1.29, 1.82) is 10.5 Å². The zero-order chi connectivity index (χ0) is 45.9. The second-order valence-corrected chi connectivity index (χ2v) is 13.0. The number of hydrogen-bond acceptors (Lipinski definition) is 8. The average molecular weight is 891 g/mol. The van der Waals surface area contributed by atoms with Crippen molar-refractivity contribution in [2.75, 3.05) is 0 Å². The summed E-state index contributed by atoms with van der Waals surface area (Å²) in [5.74, 6) is -6.83. The van der Waals surface area contributed by atoms with Crippen LogP contribution >= 0.6 is 0 Å². The van der Waals surface area contributed by atoms with Crippen LogP contribution in [0.1, 0.15) is 51.5 Å². The summed E-state index contributed by atoms with van der Waals surface area (Å²) in [6.07, 6.45) is -16.8. The second kappa shape index (κ2) is 15.6. The van der Waals surface area contributed by atoms with Gasteiger partial charge in [-0.2, -0.15) is 60.0 Å². The van der Waals surface area contributed by atoms with E-state index in [9.17, 15) is 76.4 Å². The fraction of sp³-hybridized carbons (Fsp3) is 0.100. The first-order valence-corrected chi connectivity index (χ1v) is 17.0. The van der Waals surface area contributed by atoms with Crippen LogP contribution in [0.4, 0.5) is 65.9 Å². The van der Waals surface area contributed by atoms with Gasteiger partial charge in [-0.15, -0.1) is 0 Å². The molecule has 7 rings (SSSR count). The lowest BCUT2D eigenvalue weighted by Gasteiger charge is -2.24. The third kappa shape index (κ3) is 8.00. The van der Waals surface area contributed by atoms with Crippen LogP contribution in [0.3, 0.4) is 0 Å². The Morgan fingerprint density at radius 1 is 0.413 bits per heavy atom. The maximum atomic E-state index is 14.5. The van der Waals surface area contributed by atoms with E-state index in [1.165, 1.54) is 12.4 Å². The number of aliphatic imine (C=N–C) groups is 2. The highest BCUT2D eigenvalue weighted by atomic mass is 19.4. The molecular weight excluding hydrogens is 877 g/mol. The number of hydrogen-bond donors (Lipinski definition) is 0. The Hall–Kier alpha value is -7.69. The predicted octanol–water partition coefficient (Wildman–Crippen LogP) is 11.4. The van der Waals surface area contributed by atoms with Gasteiger partial charge in [0.05, 0.1) is 45.0 Å². The van der Waals surface area contributed by atoms with E-state index in [0.29, 0.717) is 42.5 Å². The minimum atomic E-state index is -5.38. The van der Waals surface area contributed by atoms with Crippen LogP contribution in [0.15, 0.2) is 82.8 Å². The van der Waals surface area contributed by atoms with Gasteiger partial charge in [0.2, 0.25) is 12.4 Å². The smallest absolute Gasteiger partial charge is 0.241 e. The molecule has 0 unspecified atom stereocenters. The summed E-state index contributed by atoms with van der Waals surface area (Å²) in [5.41, 5.74) is -16.9. The largest absolute Gasteiger partial charge is 0.419 e. The standard InChI is InChI=1S/C40H13F15N8/c41-23-5-1-15(9-19(23)37(45)46)27-28(16-2-6-24(42)20(10-16)38(47,48)49)61-34-32(59-14-57)36-35(31(58-13-56)33(34)60-27)62-29(17-3-7-25(43)21(11-17)39(50,51)52)30(63-36)18-4-8-26(44)22(12-18)40(53,54)55/h1-12,37H. The molecule has 4 aromatic carbocycles. The number of benzene rings is 4. The number of aromatic nitrogens is 4. The Bertz CT molecular complexity index is 3030. The highest BCUT2D eigenvalue weighted by molar-refractivity contribution is 6.29. The topological polar surface area (TPSA) is 124 Å². The molecule has 0 saturated heterocycles. The molecule has 0 N–H and O–H groups in total. The number of rotatable bonds is 5. The third-order valence-corrected chi connectivity index (χ3v) is 9.15. The summed E-state index contributed by atoms with van der Waals surface area (Å²) in [7, 11) is 0. The molecule has 0 aliphatic heterocycles. The minimum absolute atomic E-state index is 0.193. The molecule has 0 atom stereocenters. The second-order valence-electron chi connectivity index (χ2n) is 13.0. The molecule has 0 saturated carbocycles. The molecule has 0 bridgehead atoms. The number of alkyl halides is 11. The number of halogens is 15. The van der Waals surface area contributed by atoms with Gasteiger partial charge in [-0.05, 0) is 72.8 Å².